The van der Waals surface area contributed by atoms with E-state index < -0.39 is 0 Å². The first kappa shape index (κ1) is 12.7. The predicted octanol–water partition coefficient (Wildman–Crippen LogP) is 3.93. The summed E-state index contributed by atoms with van der Waals surface area (Å²) in [5, 5.41) is 4.38. The lowest BCUT2D eigenvalue weighted by atomic mass is 9.78. The maximum Gasteiger partial charge on any atom is 0.0406 e. The van der Waals surface area contributed by atoms with Crippen LogP contribution in [0, 0.1) is 0 Å². The third-order valence-corrected chi connectivity index (χ3v) is 3.74. The van der Waals surface area contributed by atoms with Gasteiger partial charge in [0, 0.05) is 23.0 Å². The van der Waals surface area contributed by atoms with Gasteiger partial charge in [-0.05, 0) is 30.5 Å². The van der Waals surface area contributed by atoms with E-state index in [4.69, 9.17) is 11.6 Å². The fourth-order valence-corrected chi connectivity index (χ4v) is 2.51. The summed E-state index contributed by atoms with van der Waals surface area (Å²) < 4.78 is 0. The predicted molar refractivity (Wildman–Crippen MR) is 74.6 cm³/mol. The molecule has 1 nitrogen and oxygen atoms in total. The van der Waals surface area contributed by atoms with Gasteiger partial charge in [0.15, 0.2) is 0 Å². The molecule has 2 rings (SSSR count). The molecule has 0 saturated heterocycles. The first-order valence-electron chi connectivity index (χ1n) is 6.27. The summed E-state index contributed by atoms with van der Waals surface area (Å²) in [6, 6.07) is 8.84. The van der Waals surface area contributed by atoms with Crippen molar-refractivity contribution in [2.24, 2.45) is 0 Å². The number of halogens is 1. The topological polar surface area (TPSA) is 12.0 Å². The van der Waals surface area contributed by atoms with Gasteiger partial charge in [0.05, 0.1) is 0 Å². The smallest absolute Gasteiger partial charge is 0.0406 e. The van der Waals surface area contributed by atoms with E-state index in [0.29, 0.717) is 6.04 Å². The first-order valence-corrected chi connectivity index (χ1v) is 6.65. The molecular weight excluding hydrogens is 230 g/mol. The number of hydrogen-bond acceptors (Lipinski definition) is 1. The molecule has 0 bridgehead atoms. The molecule has 0 spiro atoms. The van der Waals surface area contributed by atoms with Gasteiger partial charge in [-0.15, -0.1) is 0 Å². The van der Waals surface area contributed by atoms with Crippen molar-refractivity contribution in [1.29, 1.82) is 0 Å². The van der Waals surface area contributed by atoms with Crippen LogP contribution in [0.25, 0.3) is 0 Å². The van der Waals surface area contributed by atoms with Crippen LogP contribution < -0.4 is 5.32 Å². The monoisotopic (exact) mass is 249 g/mol. The van der Waals surface area contributed by atoms with Crippen LogP contribution in [0.3, 0.4) is 0 Å². The lowest BCUT2D eigenvalue weighted by molar-refractivity contribution is 0.399. The van der Waals surface area contributed by atoms with Crippen molar-refractivity contribution in [1.82, 2.24) is 5.32 Å². The van der Waals surface area contributed by atoms with E-state index in [0.717, 1.165) is 24.4 Å². The summed E-state index contributed by atoms with van der Waals surface area (Å²) in [5.74, 6) is 0. The normalized spacial score (nSPS) is 17.9. The van der Waals surface area contributed by atoms with Crippen LogP contribution in [0.2, 0.25) is 5.02 Å². The van der Waals surface area contributed by atoms with Crippen molar-refractivity contribution in [2.45, 2.75) is 38.1 Å². The zero-order chi connectivity index (χ0) is 12.3. The highest BCUT2D eigenvalue weighted by atomic mass is 35.5. The highest BCUT2D eigenvalue weighted by Crippen LogP contribution is 2.37. The quantitative estimate of drug-likeness (QED) is 0.798. The Morgan fingerprint density at radius 1 is 1.18 bits per heavy atom. The van der Waals surface area contributed by atoms with Crippen LogP contribution in [-0.4, -0.2) is 12.6 Å². The van der Waals surface area contributed by atoms with Crippen LogP contribution in [0.15, 0.2) is 36.4 Å². The van der Waals surface area contributed by atoms with Crippen LogP contribution in [0.1, 0.15) is 32.3 Å². The SMILES string of the molecule is CC(C)NCC1(c2ccc(Cl)cc2)CC=CC1. The van der Waals surface area contributed by atoms with Crippen LogP contribution in [0.4, 0.5) is 0 Å². The number of hydrogen-bond donors (Lipinski definition) is 1. The van der Waals surface area contributed by atoms with E-state index in [1.807, 2.05) is 12.1 Å². The third kappa shape index (κ3) is 2.91. The second kappa shape index (κ2) is 5.24. The molecule has 0 heterocycles. The molecule has 0 fully saturated rings. The maximum atomic E-state index is 5.96. The van der Waals surface area contributed by atoms with E-state index in [2.05, 4.69) is 43.4 Å². The van der Waals surface area contributed by atoms with E-state index in [1.165, 1.54) is 5.56 Å². The van der Waals surface area contributed by atoms with Gasteiger partial charge in [0.2, 0.25) is 0 Å². The number of rotatable bonds is 4. The van der Waals surface area contributed by atoms with Gasteiger partial charge in [-0.2, -0.15) is 0 Å². The lowest BCUT2D eigenvalue weighted by Crippen LogP contribution is -2.39. The second-order valence-electron chi connectivity index (χ2n) is 5.20. The molecule has 1 aromatic carbocycles. The van der Waals surface area contributed by atoms with Crippen molar-refractivity contribution in [3.05, 3.63) is 47.0 Å². The Kier molecular flexibility index (Phi) is 3.90. The average Bonchev–Trinajstić information content (AvgIpc) is 2.77. The number of allylic oxidation sites excluding steroid dienone is 2. The fraction of sp³-hybridized carbons (Fsp3) is 0.467. The van der Waals surface area contributed by atoms with Gasteiger partial charge < -0.3 is 5.32 Å². The minimum absolute atomic E-state index is 0.231. The summed E-state index contributed by atoms with van der Waals surface area (Å²) >= 11 is 5.96. The van der Waals surface area contributed by atoms with Crippen LogP contribution in [-0.2, 0) is 5.41 Å². The van der Waals surface area contributed by atoms with Crippen molar-refractivity contribution < 1.29 is 0 Å². The molecule has 92 valence electrons. The minimum atomic E-state index is 0.231. The van der Waals surface area contributed by atoms with Crippen LogP contribution >= 0.6 is 11.6 Å². The Morgan fingerprint density at radius 2 is 1.76 bits per heavy atom. The zero-order valence-electron chi connectivity index (χ0n) is 10.5. The number of nitrogens with one attached hydrogen (secondary N) is 1. The summed E-state index contributed by atoms with van der Waals surface area (Å²) in [4.78, 5) is 0. The van der Waals surface area contributed by atoms with E-state index >= 15 is 0 Å². The molecule has 0 saturated carbocycles. The third-order valence-electron chi connectivity index (χ3n) is 3.49. The summed E-state index contributed by atoms with van der Waals surface area (Å²) in [5.41, 5.74) is 1.62. The second-order valence-corrected chi connectivity index (χ2v) is 5.64. The summed E-state index contributed by atoms with van der Waals surface area (Å²) in [6.45, 7) is 5.41. The Balaban J connectivity index is 2.19. The fourth-order valence-electron chi connectivity index (χ4n) is 2.39. The molecule has 2 heteroatoms. The van der Waals surface area contributed by atoms with Gasteiger partial charge in [-0.25, -0.2) is 0 Å². The molecule has 1 aliphatic rings. The molecule has 0 unspecified atom stereocenters. The van der Waals surface area contributed by atoms with Gasteiger partial charge in [0.25, 0.3) is 0 Å². The number of benzene rings is 1. The Labute approximate surface area is 109 Å². The summed E-state index contributed by atoms with van der Waals surface area (Å²) in [6.07, 6.45) is 6.82. The summed E-state index contributed by atoms with van der Waals surface area (Å²) in [7, 11) is 0. The Bertz CT molecular complexity index is 384. The van der Waals surface area contributed by atoms with Crippen LogP contribution in [0.5, 0.6) is 0 Å². The molecule has 1 aliphatic carbocycles. The Hall–Kier alpha value is -0.790. The molecule has 0 aliphatic heterocycles. The molecule has 0 amide bonds. The molecule has 0 aromatic heterocycles. The standard InChI is InChI=1S/C15H20ClN/c1-12(2)17-11-15(9-3-4-10-15)13-5-7-14(16)8-6-13/h3-8,12,17H,9-11H2,1-2H3. The van der Waals surface area contributed by atoms with Gasteiger partial charge in [-0.1, -0.05) is 49.7 Å². The van der Waals surface area contributed by atoms with Crippen molar-refractivity contribution >= 4 is 11.6 Å². The highest BCUT2D eigenvalue weighted by Gasteiger charge is 2.32. The van der Waals surface area contributed by atoms with Crippen molar-refractivity contribution in [3.8, 4) is 0 Å². The van der Waals surface area contributed by atoms with Gasteiger partial charge in [-0.3, -0.25) is 0 Å². The lowest BCUT2D eigenvalue weighted by Gasteiger charge is -2.31. The highest BCUT2D eigenvalue weighted by molar-refractivity contribution is 6.30. The first-order chi connectivity index (χ1) is 8.12. The molecule has 0 atom stereocenters. The van der Waals surface area contributed by atoms with Crippen molar-refractivity contribution in [2.75, 3.05) is 6.54 Å². The molecule has 0 radical (unpaired) electrons. The van der Waals surface area contributed by atoms with Gasteiger partial charge in [0.1, 0.15) is 0 Å². The van der Waals surface area contributed by atoms with E-state index in [-0.39, 0.29) is 5.41 Å². The van der Waals surface area contributed by atoms with E-state index in [9.17, 15) is 0 Å². The molecule has 1 aromatic rings. The largest absolute Gasteiger partial charge is 0.314 e. The average molecular weight is 250 g/mol. The molecule has 1 N–H and O–H groups in total. The minimum Gasteiger partial charge on any atom is -0.314 e. The van der Waals surface area contributed by atoms with E-state index in [1.54, 1.807) is 0 Å². The van der Waals surface area contributed by atoms with Crippen molar-refractivity contribution in [3.63, 3.8) is 0 Å². The van der Waals surface area contributed by atoms with Gasteiger partial charge >= 0.3 is 0 Å². The molecular formula is C15H20ClN. The zero-order valence-corrected chi connectivity index (χ0v) is 11.3. The molecule has 17 heavy (non-hydrogen) atoms. The Morgan fingerprint density at radius 3 is 2.29 bits per heavy atom. The maximum absolute atomic E-state index is 5.96.